The maximum Gasteiger partial charge on any atom is 0.274 e. The summed E-state index contributed by atoms with van der Waals surface area (Å²) in [6.45, 7) is 4.52. The molecule has 1 fully saturated rings. The van der Waals surface area contributed by atoms with Gasteiger partial charge in [0.25, 0.3) is 5.91 Å². The molecule has 3 aromatic rings. The normalized spacial score (nSPS) is 19.9. The highest BCUT2D eigenvalue weighted by atomic mass is 16.5. The molecule has 1 amide bonds. The molecule has 0 spiro atoms. The van der Waals surface area contributed by atoms with Gasteiger partial charge in [0.2, 0.25) is 0 Å². The van der Waals surface area contributed by atoms with E-state index in [4.69, 9.17) is 9.15 Å². The quantitative estimate of drug-likeness (QED) is 0.708. The predicted octanol–water partition coefficient (Wildman–Crippen LogP) is 2.33. The number of fused-ring (bicyclic) bond motifs is 2. The topological polar surface area (TPSA) is 72.9 Å². The number of amides is 1. The van der Waals surface area contributed by atoms with Crippen LogP contribution in [0.15, 0.2) is 28.8 Å². The Kier molecular flexibility index (Phi) is 3.56. The number of pyridine rings is 1. The second kappa shape index (κ2) is 5.95. The Balaban J connectivity index is 1.39. The average Bonchev–Trinajstić information content (AvgIpc) is 3.38. The van der Waals surface area contributed by atoms with E-state index in [-0.39, 0.29) is 11.8 Å². The number of carbonyl (C=O) groups is 1. The largest absolute Gasteiger partial charge is 0.445 e. The van der Waals surface area contributed by atoms with Crippen LogP contribution in [0.25, 0.3) is 5.65 Å². The van der Waals surface area contributed by atoms with E-state index in [0.717, 1.165) is 41.7 Å². The highest BCUT2D eigenvalue weighted by molar-refractivity contribution is 5.93. The first-order valence-corrected chi connectivity index (χ1v) is 8.99. The Hall–Kier alpha value is -2.67. The van der Waals surface area contributed by atoms with Crippen LogP contribution in [-0.4, -0.2) is 44.9 Å². The van der Waals surface area contributed by atoms with Gasteiger partial charge in [-0.05, 0) is 25.5 Å². The van der Waals surface area contributed by atoms with Crippen LogP contribution in [-0.2, 0) is 17.7 Å². The third-order valence-electron chi connectivity index (χ3n) is 5.23. The summed E-state index contributed by atoms with van der Waals surface area (Å²) < 4.78 is 13.3. The van der Waals surface area contributed by atoms with Gasteiger partial charge in [0.1, 0.15) is 22.8 Å². The summed E-state index contributed by atoms with van der Waals surface area (Å²) in [7, 11) is 0. The summed E-state index contributed by atoms with van der Waals surface area (Å²) >= 11 is 0. The smallest absolute Gasteiger partial charge is 0.274 e. The molecule has 2 aliphatic rings. The van der Waals surface area contributed by atoms with Gasteiger partial charge >= 0.3 is 0 Å². The minimum atomic E-state index is -0.0625. The lowest BCUT2D eigenvalue weighted by Gasteiger charge is -2.24. The molecule has 5 rings (SSSR count). The van der Waals surface area contributed by atoms with Crippen LogP contribution < -0.4 is 0 Å². The second-order valence-corrected chi connectivity index (χ2v) is 6.98. The Labute approximate surface area is 150 Å². The number of hydrogen-bond acceptors (Lipinski definition) is 5. The Morgan fingerprint density at radius 2 is 2.23 bits per heavy atom. The number of aromatic nitrogens is 3. The Morgan fingerprint density at radius 3 is 3.04 bits per heavy atom. The minimum Gasteiger partial charge on any atom is -0.445 e. The van der Waals surface area contributed by atoms with Crippen molar-refractivity contribution in [3.63, 3.8) is 0 Å². The Bertz CT molecular complexity index is 984. The first-order valence-electron chi connectivity index (χ1n) is 8.99. The second-order valence-electron chi connectivity index (χ2n) is 6.98. The number of imidazole rings is 1. The van der Waals surface area contributed by atoms with Crippen LogP contribution in [0.2, 0.25) is 0 Å². The monoisotopic (exact) mass is 352 g/mol. The van der Waals surface area contributed by atoms with E-state index in [1.807, 2.05) is 35.7 Å². The molecule has 0 bridgehead atoms. The molecule has 3 aromatic heterocycles. The van der Waals surface area contributed by atoms with Crippen molar-refractivity contribution in [1.82, 2.24) is 19.3 Å². The lowest BCUT2D eigenvalue weighted by atomic mass is 10.1. The third kappa shape index (κ3) is 2.50. The molecule has 134 valence electrons. The van der Waals surface area contributed by atoms with E-state index in [0.29, 0.717) is 31.8 Å². The molecule has 26 heavy (non-hydrogen) atoms. The number of nitrogens with zero attached hydrogens (tertiary/aromatic N) is 4. The molecule has 1 saturated heterocycles. The maximum atomic E-state index is 12.9. The molecule has 1 atom stereocenters. The van der Waals surface area contributed by atoms with Crippen LogP contribution in [0, 0.1) is 6.92 Å². The van der Waals surface area contributed by atoms with Gasteiger partial charge in [0.05, 0.1) is 19.1 Å². The van der Waals surface area contributed by atoms with Crippen molar-refractivity contribution in [3.05, 3.63) is 53.1 Å². The summed E-state index contributed by atoms with van der Waals surface area (Å²) in [5.74, 6) is 1.84. The van der Waals surface area contributed by atoms with Crippen LogP contribution in [0.5, 0.6) is 0 Å². The molecule has 7 nitrogen and oxygen atoms in total. The van der Waals surface area contributed by atoms with E-state index < -0.39 is 0 Å². The van der Waals surface area contributed by atoms with Crippen molar-refractivity contribution in [2.75, 3.05) is 19.8 Å². The highest BCUT2D eigenvalue weighted by Gasteiger charge is 2.30. The van der Waals surface area contributed by atoms with Crippen molar-refractivity contribution < 1.29 is 13.9 Å². The number of rotatable bonds is 2. The number of ether oxygens (including phenoxy) is 1. The van der Waals surface area contributed by atoms with Crippen molar-refractivity contribution in [2.45, 2.75) is 32.2 Å². The summed E-state index contributed by atoms with van der Waals surface area (Å²) in [6.07, 6.45) is 3.45. The SMILES string of the molecule is Cc1cccc2nc(C(=O)N3CCc4oc(C5CCOC5)nc4C3)cn12. The molecular weight excluding hydrogens is 332 g/mol. The van der Waals surface area contributed by atoms with Crippen molar-refractivity contribution in [3.8, 4) is 0 Å². The van der Waals surface area contributed by atoms with Gasteiger partial charge in [-0.15, -0.1) is 0 Å². The van der Waals surface area contributed by atoms with Crippen LogP contribution >= 0.6 is 0 Å². The predicted molar refractivity (Wildman–Crippen MR) is 93.1 cm³/mol. The van der Waals surface area contributed by atoms with E-state index in [2.05, 4.69) is 9.97 Å². The summed E-state index contributed by atoms with van der Waals surface area (Å²) in [5, 5.41) is 0. The average molecular weight is 352 g/mol. The fourth-order valence-electron chi connectivity index (χ4n) is 3.71. The van der Waals surface area contributed by atoms with E-state index in [9.17, 15) is 4.79 Å². The summed E-state index contributed by atoms with van der Waals surface area (Å²) in [5.41, 5.74) is 3.17. The standard InChI is InChI=1S/C19H20N4O3/c1-12-3-2-4-17-20-15(10-23(12)17)19(24)22-7-5-16-14(9-22)21-18(26-16)13-6-8-25-11-13/h2-4,10,13H,5-9,11H2,1H3. The zero-order valence-electron chi connectivity index (χ0n) is 14.6. The zero-order chi connectivity index (χ0) is 17.7. The molecule has 0 radical (unpaired) electrons. The zero-order valence-corrected chi connectivity index (χ0v) is 14.6. The lowest BCUT2D eigenvalue weighted by molar-refractivity contribution is 0.0722. The molecule has 0 N–H and O–H groups in total. The molecule has 1 unspecified atom stereocenters. The van der Waals surface area contributed by atoms with E-state index in [1.54, 1.807) is 4.90 Å². The van der Waals surface area contributed by atoms with Gasteiger partial charge in [-0.1, -0.05) is 6.07 Å². The molecule has 7 heteroatoms. The maximum absolute atomic E-state index is 12.9. The van der Waals surface area contributed by atoms with Crippen molar-refractivity contribution in [1.29, 1.82) is 0 Å². The third-order valence-corrected chi connectivity index (χ3v) is 5.23. The summed E-state index contributed by atoms with van der Waals surface area (Å²) in [6, 6.07) is 5.86. The lowest BCUT2D eigenvalue weighted by Crippen LogP contribution is -2.36. The van der Waals surface area contributed by atoms with Gasteiger partial charge < -0.3 is 18.5 Å². The van der Waals surface area contributed by atoms with Crippen LogP contribution in [0.3, 0.4) is 0 Å². The van der Waals surface area contributed by atoms with Gasteiger partial charge in [-0.25, -0.2) is 9.97 Å². The van der Waals surface area contributed by atoms with Gasteiger partial charge in [0, 0.05) is 31.5 Å². The number of aryl methyl sites for hydroxylation is 1. The molecule has 0 aliphatic carbocycles. The number of oxazole rings is 1. The fraction of sp³-hybridized carbons (Fsp3) is 0.421. The van der Waals surface area contributed by atoms with E-state index in [1.165, 1.54) is 0 Å². The summed E-state index contributed by atoms with van der Waals surface area (Å²) in [4.78, 5) is 23.9. The van der Waals surface area contributed by atoms with Crippen molar-refractivity contribution in [2.24, 2.45) is 0 Å². The molecule has 0 aromatic carbocycles. The first-order chi connectivity index (χ1) is 12.7. The van der Waals surface area contributed by atoms with Gasteiger partial charge in [0.15, 0.2) is 5.89 Å². The molecule has 0 saturated carbocycles. The van der Waals surface area contributed by atoms with Gasteiger partial charge in [-0.2, -0.15) is 0 Å². The van der Waals surface area contributed by atoms with Crippen molar-refractivity contribution >= 4 is 11.6 Å². The first kappa shape index (κ1) is 15.6. The van der Waals surface area contributed by atoms with Crippen LogP contribution in [0.1, 0.15) is 45.9 Å². The highest BCUT2D eigenvalue weighted by Crippen LogP contribution is 2.29. The van der Waals surface area contributed by atoms with E-state index >= 15 is 0 Å². The molecule has 5 heterocycles. The number of hydrogen-bond donors (Lipinski definition) is 0. The van der Waals surface area contributed by atoms with Gasteiger partial charge in [-0.3, -0.25) is 4.79 Å². The number of carbonyl (C=O) groups excluding carboxylic acids is 1. The molecular formula is C19H20N4O3. The minimum absolute atomic E-state index is 0.0625. The molecule has 2 aliphatic heterocycles. The Morgan fingerprint density at radius 1 is 1.31 bits per heavy atom. The van der Waals surface area contributed by atoms with Crippen LogP contribution in [0.4, 0.5) is 0 Å². The fourth-order valence-corrected chi connectivity index (χ4v) is 3.71.